The molecule has 1 atom stereocenters. The van der Waals surface area contributed by atoms with Gasteiger partial charge >= 0.3 is 0 Å². The third kappa shape index (κ3) is 3.34. The van der Waals surface area contributed by atoms with Crippen LogP contribution in [0.5, 0.6) is 0 Å². The van der Waals surface area contributed by atoms with Crippen molar-refractivity contribution in [2.45, 2.75) is 53.1 Å². The molecule has 1 N–H and O–H groups in total. The maximum atomic E-state index is 10.3. The molecule has 0 saturated heterocycles. The summed E-state index contributed by atoms with van der Waals surface area (Å²) in [6.45, 7) is 8.55. The molecule has 0 fully saturated rings. The fraction of sp³-hybridized carbons (Fsp3) is 0.600. The van der Waals surface area contributed by atoms with Gasteiger partial charge in [-0.1, -0.05) is 50.5 Å². The van der Waals surface area contributed by atoms with Gasteiger partial charge < -0.3 is 5.11 Å². The Balaban J connectivity index is 2.79. The topological polar surface area (TPSA) is 20.2 Å². The van der Waals surface area contributed by atoms with Gasteiger partial charge in [-0.05, 0) is 37.3 Å². The lowest BCUT2D eigenvalue weighted by molar-refractivity contribution is 0.140. The highest BCUT2D eigenvalue weighted by molar-refractivity contribution is 5.32. The van der Waals surface area contributed by atoms with Crippen molar-refractivity contribution in [3.05, 3.63) is 34.9 Å². The van der Waals surface area contributed by atoms with E-state index in [0.717, 1.165) is 24.8 Å². The standard InChI is InChI=1S/C15H24O/c1-5-13(6-2)10-15(16)14-9-11(3)7-8-12(14)4/h7-9,13,15-16H,5-6,10H2,1-4H3. The van der Waals surface area contributed by atoms with Gasteiger partial charge in [-0.15, -0.1) is 0 Å². The molecule has 1 unspecified atom stereocenters. The molecule has 0 spiro atoms. The molecule has 1 rings (SSSR count). The van der Waals surface area contributed by atoms with E-state index in [1.807, 2.05) is 0 Å². The number of benzene rings is 1. The summed E-state index contributed by atoms with van der Waals surface area (Å²) >= 11 is 0. The second kappa shape index (κ2) is 6.05. The molecule has 90 valence electrons. The van der Waals surface area contributed by atoms with Crippen molar-refractivity contribution in [3.63, 3.8) is 0 Å². The Bertz CT molecular complexity index is 326. The first-order chi connectivity index (χ1) is 7.58. The fourth-order valence-corrected chi connectivity index (χ4v) is 2.18. The molecule has 16 heavy (non-hydrogen) atoms. The van der Waals surface area contributed by atoms with Crippen LogP contribution >= 0.6 is 0 Å². The van der Waals surface area contributed by atoms with Gasteiger partial charge in [0.1, 0.15) is 0 Å². The number of hydrogen-bond acceptors (Lipinski definition) is 1. The van der Waals surface area contributed by atoms with Crippen LogP contribution in [0, 0.1) is 19.8 Å². The number of aliphatic hydroxyl groups excluding tert-OH is 1. The first kappa shape index (κ1) is 13.2. The predicted molar refractivity (Wildman–Crippen MR) is 69.6 cm³/mol. The van der Waals surface area contributed by atoms with Crippen LogP contribution in [0.15, 0.2) is 18.2 Å². The van der Waals surface area contributed by atoms with E-state index < -0.39 is 0 Å². The van der Waals surface area contributed by atoms with Crippen molar-refractivity contribution < 1.29 is 5.11 Å². The summed E-state index contributed by atoms with van der Waals surface area (Å²) in [7, 11) is 0. The van der Waals surface area contributed by atoms with Crippen LogP contribution in [0.25, 0.3) is 0 Å². The molecule has 0 amide bonds. The van der Waals surface area contributed by atoms with Crippen LogP contribution in [0.2, 0.25) is 0 Å². The summed E-state index contributed by atoms with van der Waals surface area (Å²) in [5.41, 5.74) is 3.53. The van der Waals surface area contributed by atoms with Gasteiger partial charge in [-0.25, -0.2) is 0 Å². The van der Waals surface area contributed by atoms with Crippen molar-refractivity contribution in [2.75, 3.05) is 0 Å². The van der Waals surface area contributed by atoms with Gasteiger partial charge in [0, 0.05) is 0 Å². The minimum atomic E-state index is -0.301. The number of aryl methyl sites for hydroxylation is 2. The fourth-order valence-electron chi connectivity index (χ4n) is 2.18. The van der Waals surface area contributed by atoms with Gasteiger partial charge in [-0.3, -0.25) is 0 Å². The molecule has 0 radical (unpaired) electrons. The Kier molecular flexibility index (Phi) is 5.01. The van der Waals surface area contributed by atoms with Crippen LogP contribution < -0.4 is 0 Å². The first-order valence-electron chi connectivity index (χ1n) is 6.33. The third-order valence-corrected chi connectivity index (χ3v) is 3.51. The van der Waals surface area contributed by atoms with Gasteiger partial charge in [0.05, 0.1) is 6.10 Å². The van der Waals surface area contributed by atoms with E-state index in [1.54, 1.807) is 0 Å². The van der Waals surface area contributed by atoms with E-state index in [1.165, 1.54) is 11.1 Å². The molecule has 0 heterocycles. The quantitative estimate of drug-likeness (QED) is 0.790. The van der Waals surface area contributed by atoms with E-state index in [9.17, 15) is 5.11 Å². The Labute approximate surface area is 99.5 Å². The molecule has 0 aliphatic rings. The van der Waals surface area contributed by atoms with E-state index in [2.05, 4.69) is 45.9 Å². The highest BCUT2D eigenvalue weighted by Crippen LogP contribution is 2.27. The Morgan fingerprint density at radius 2 is 1.75 bits per heavy atom. The molecular formula is C15H24O. The number of aliphatic hydroxyl groups is 1. The molecule has 0 bridgehead atoms. The van der Waals surface area contributed by atoms with Crippen molar-refractivity contribution >= 4 is 0 Å². The summed E-state index contributed by atoms with van der Waals surface area (Å²) in [4.78, 5) is 0. The Morgan fingerprint density at radius 3 is 2.31 bits per heavy atom. The van der Waals surface area contributed by atoms with Gasteiger partial charge in [0.15, 0.2) is 0 Å². The molecular weight excluding hydrogens is 196 g/mol. The van der Waals surface area contributed by atoms with Gasteiger partial charge in [0.25, 0.3) is 0 Å². The maximum absolute atomic E-state index is 10.3. The summed E-state index contributed by atoms with van der Waals surface area (Å²) in [5, 5.41) is 10.3. The van der Waals surface area contributed by atoms with Gasteiger partial charge in [0.2, 0.25) is 0 Å². The van der Waals surface area contributed by atoms with E-state index in [4.69, 9.17) is 0 Å². The highest BCUT2D eigenvalue weighted by Gasteiger charge is 2.15. The SMILES string of the molecule is CCC(CC)CC(O)c1cc(C)ccc1C. The largest absolute Gasteiger partial charge is 0.388 e. The zero-order chi connectivity index (χ0) is 12.1. The lowest BCUT2D eigenvalue weighted by atomic mass is 9.90. The van der Waals surface area contributed by atoms with E-state index >= 15 is 0 Å². The van der Waals surface area contributed by atoms with E-state index in [0.29, 0.717) is 5.92 Å². The van der Waals surface area contributed by atoms with Crippen LogP contribution in [-0.2, 0) is 0 Å². The summed E-state index contributed by atoms with van der Waals surface area (Å²) in [5.74, 6) is 0.634. The van der Waals surface area contributed by atoms with Crippen molar-refractivity contribution in [2.24, 2.45) is 5.92 Å². The molecule has 1 heteroatoms. The average Bonchev–Trinajstić information content (AvgIpc) is 2.28. The van der Waals surface area contributed by atoms with Crippen LogP contribution in [0.1, 0.15) is 55.9 Å². The zero-order valence-electron chi connectivity index (χ0n) is 11.0. The normalized spacial score (nSPS) is 13.1. The van der Waals surface area contributed by atoms with Crippen LogP contribution in [0.3, 0.4) is 0 Å². The third-order valence-electron chi connectivity index (χ3n) is 3.51. The number of hydrogen-bond donors (Lipinski definition) is 1. The molecule has 0 aliphatic carbocycles. The molecule has 1 aromatic carbocycles. The summed E-state index contributed by atoms with van der Waals surface area (Å²) < 4.78 is 0. The summed E-state index contributed by atoms with van der Waals surface area (Å²) in [6, 6.07) is 6.31. The average molecular weight is 220 g/mol. The monoisotopic (exact) mass is 220 g/mol. The minimum absolute atomic E-state index is 0.301. The first-order valence-corrected chi connectivity index (χ1v) is 6.33. The highest BCUT2D eigenvalue weighted by atomic mass is 16.3. The molecule has 0 aromatic heterocycles. The van der Waals surface area contributed by atoms with E-state index in [-0.39, 0.29) is 6.10 Å². The lowest BCUT2D eigenvalue weighted by Gasteiger charge is -2.19. The van der Waals surface area contributed by atoms with Crippen molar-refractivity contribution in [1.29, 1.82) is 0 Å². The second-order valence-corrected chi connectivity index (χ2v) is 4.79. The van der Waals surface area contributed by atoms with Crippen LogP contribution in [0.4, 0.5) is 0 Å². The zero-order valence-corrected chi connectivity index (χ0v) is 11.0. The van der Waals surface area contributed by atoms with Crippen molar-refractivity contribution in [3.8, 4) is 0 Å². The molecule has 1 nitrogen and oxygen atoms in total. The smallest absolute Gasteiger partial charge is 0.0795 e. The summed E-state index contributed by atoms with van der Waals surface area (Å²) in [6.07, 6.45) is 2.89. The molecule has 0 saturated carbocycles. The Morgan fingerprint density at radius 1 is 1.12 bits per heavy atom. The minimum Gasteiger partial charge on any atom is -0.388 e. The number of rotatable bonds is 5. The molecule has 1 aromatic rings. The second-order valence-electron chi connectivity index (χ2n) is 4.79. The van der Waals surface area contributed by atoms with Crippen LogP contribution in [-0.4, -0.2) is 5.11 Å². The molecule has 0 aliphatic heterocycles. The van der Waals surface area contributed by atoms with Gasteiger partial charge in [-0.2, -0.15) is 0 Å². The predicted octanol–water partition coefficient (Wildman–Crippen LogP) is 4.16. The maximum Gasteiger partial charge on any atom is 0.0795 e. The van der Waals surface area contributed by atoms with Crippen molar-refractivity contribution in [1.82, 2.24) is 0 Å². The lowest BCUT2D eigenvalue weighted by Crippen LogP contribution is -2.07. The Hall–Kier alpha value is -0.820.